The fraction of sp³-hybridized carbons (Fsp3) is 0.273. The van der Waals surface area contributed by atoms with Gasteiger partial charge in [-0.05, 0) is 13.0 Å². The maximum atomic E-state index is 12.2. The molecule has 0 fully saturated rings. The average molecular weight is 299 g/mol. The Morgan fingerprint density at radius 2 is 2.16 bits per heavy atom. The number of nitrogens with zero attached hydrogens (tertiary/aromatic N) is 2. The molecule has 8 heteroatoms. The number of aromatic nitrogens is 2. The second-order valence-electron chi connectivity index (χ2n) is 4.01. The van der Waals surface area contributed by atoms with Crippen molar-refractivity contribution >= 4 is 21.4 Å². The number of nitrogens with one attached hydrogen (secondary N) is 1. The molecule has 0 aliphatic carbocycles. The summed E-state index contributed by atoms with van der Waals surface area (Å²) < 4.78 is 25.7. The molecule has 0 saturated heterocycles. The molecule has 0 amide bonds. The second kappa shape index (κ2) is 5.24. The van der Waals surface area contributed by atoms with Crippen molar-refractivity contribution in [1.29, 1.82) is 0 Å². The molecule has 0 saturated carbocycles. The van der Waals surface area contributed by atoms with E-state index in [9.17, 15) is 13.2 Å². The van der Waals surface area contributed by atoms with E-state index in [2.05, 4.69) is 9.97 Å². The standard InChI is InChI=1S/C11H13N3O3S2/c1-8-13-9(7-18-8)6-14(2)19(16,17)10-3-4-11(15)12-5-10/h3-5,7H,6H2,1-2H3,(H,12,15). The first-order valence-electron chi connectivity index (χ1n) is 5.45. The number of H-pyrrole nitrogens is 1. The summed E-state index contributed by atoms with van der Waals surface area (Å²) in [6, 6.07) is 2.48. The van der Waals surface area contributed by atoms with E-state index in [1.807, 2.05) is 12.3 Å². The van der Waals surface area contributed by atoms with Crippen LogP contribution in [0, 0.1) is 6.92 Å². The van der Waals surface area contributed by atoms with Crippen molar-refractivity contribution in [2.45, 2.75) is 18.4 Å². The van der Waals surface area contributed by atoms with Crippen molar-refractivity contribution < 1.29 is 8.42 Å². The van der Waals surface area contributed by atoms with Gasteiger partial charge in [0, 0.05) is 24.7 Å². The van der Waals surface area contributed by atoms with Crippen LogP contribution in [0.15, 0.2) is 33.4 Å². The molecule has 0 bridgehead atoms. The number of hydrogen-bond acceptors (Lipinski definition) is 5. The highest BCUT2D eigenvalue weighted by molar-refractivity contribution is 7.89. The van der Waals surface area contributed by atoms with Gasteiger partial charge in [-0.1, -0.05) is 0 Å². The van der Waals surface area contributed by atoms with Gasteiger partial charge in [0.25, 0.3) is 0 Å². The Bertz CT molecular complexity index is 713. The Hall–Kier alpha value is -1.51. The van der Waals surface area contributed by atoms with Crippen molar-refractivity contribution in [3.63, 3.8) is 0 Å². The van der Waals surface area contributed by atoms with Crippen LogP contribution in [-0.2, 0) is 16.6 Å². The molecule has 0 spiro atoms. The fourth-order valence-electron chi connectivity index (χ4n) is 1.53. The van der Waals surface area contributed by atoms with Crippen LogP contribution >= 0.6 is 11.3 Å². The quantitative estimate of drug-likeness (QED) is 0.911. The molecule has 0 radical (unpaired) electrons. The Kier molecular flexibility index (Phi) is 3.83. The zero-order valence-electron chi connectivity index (χ0n) is 10.5. The molecular weight excluding hydrogens is 286 g/mol. The van der Waals surface area contributed by atoms with E-state index >= 15 is 0 Å². The number of sulfonamides is 1. The third kappa shape index (κ3) is 3.09. The van der Waals surface area contributed by atoms with Gasteiger partial charge in [0.15, 0.2) is 0 Å². The first-order valence-corrected chi connectivity index (χ1v) is 7.77. The minimum Gasteiger partial charge on any atom is -0.328 e. The SMILES string of the molecule is Cc1nc(CN(C)S(=O)(=O)c2ccc(=O)[nH]c2)cs1. The molecular formula is C11H13N3O3S2. The topological polar surface area (TPSA) is 83.1 Å². The van der Waals surface area contributed by atoms with Crippen LogP contribution in [0.2, 0.25) is 0 Å². The molecule has 2 aromatic heterocycles. The predicted molar refractivity (Wildman–Crippen MR) is 72.6 cm³/mol. The third-order valence-electron chi connectivity index (χ3n) is 2.52. The first-order chi connectivity index (χ1) is 8.89. The minimum atomic E-state index is -3.62. The zero-order valence-corrected chi connectivity index (χ0v) is 12.1. The molecule has 0 atom stereocenters. The van der Waals surface area contributed by atoms with E-state index in [1.165, 1.54) is 41.0 Å². The molecule has 2 heterocycles. The molecule has 1 N–H and O–H groups in total. The number of hydrogen-bond donors (Lipinski definition) is 1. The largest absolute Gasteiger partial charge is 0.328 e. The summed E-state index contributed by atoms with van der Waals surface area (Å²) in [5.41, 5.74) is 0.370. The van der Waals surface area contributed by atoms with E-state index in [4.69, 9.17) is 0 Å². The fourth-order valence-corrected chi connectivity index (χ4v) is 3.24. The lowest BCUT2D eigenvalue weighted by Crippen LogP contribution is -2.27. The summed E-state index contributed by atoms with van der Waals surface area (Å²) in [5.74, 6) is 0. The van der Waals surface area contributed by atoms with Gasteiger partial charge in [-0.2, -0.15) is 4.31 Å². The van der Waals surface area contributed by atoms with E-state index < -0.39 is 10.0 Å². The van der Waals surface area contributed by atoms with E-state index in [0.717, 1.165) is 5.01 Å². The number of pyridine rings is 1. The van der Waals surface area contributed by atoms with Crippen molar-refractivity contribution in [1.82, 2.24) is 14.3 Å². The summed E-state index contributed by atoms with van der Waals surface area (Å²) in [7, 11) is -2.14. The summed E-state index contributed by atoms with van der Waals surface area (Å²) >= 11 is 1.47. The van der Waals surface area contributed by atoms with Gasteiger partial charge in [0.05, 0.1) is 22.1 Å². The monoisotopic (exact) mass is 299 g/mol. The predicted octanol–water partition coefficient (Wildman–Crippen LogP) is 0.961. The van der Waals surface area contributed by atoms with Crippen LogP contribution in [0.4, 0.5) is 0 Å². The van der Waals surface area contributed by atoms with Crippen molar-refractivity contribution in [3.8, 4) is 0 Å². The lowest BCUT2D eigenvalue weighted by atomic mass is 10.5. The van der Waals surface area contributed by atoms with Crippen LogP contribution in [0.3, 0.4) is 0 Å². The zero-order chi connectivity index (χ0) is 14.0. The second-order valence-corrected chi connectivity index (χ2v) is 7.11. The lowest BCUT2D eigenvalue weighted by molar-refractivity contribution is 0.462. The smallest absolute Gasteiger partial charge is 0.247 e. The van der Waals surface area contributed by atoms with Crippen LogP contribution in [0.5, 0.6) is 0 Å². The van der Waals surface area contributed by atoms with Gasteiger partial charge in [0.2, 0.25) is 15.6 Å². The highest BCUT2D eigenvalue weighted by Gasteiger charge is 2.21. The van der Waals surface area contributed by atoms with E-state index in [-0.39, 0.29) is 17.0 Å². The van der Waals surface area contributed by atoms with Gasteiger partial charge in [0.1, 0.15) is 0 Å². The van der Waals surface area contributed by atoms with Crippen molar-refractivity contribution in [2.24, 2.45) is 0 Å². The Balaban J connectivity index is 2.24. The van der Waals surface area contributed by atoms with Crippen LogP contribution in [-0.4, -0.2) is 29.7 Å². The normalized spacial score (nSPS) is 11.9. The van der Waals surface area contributed by atoms with Crippen LogP contribution in [0.25, 0.3) is 0 Å². The molecule has 2 rings (SSSR count). The molecule has 0 aromatic carbocycles. The van der Waals surface area contributed by atoms with Crippen molar-refractivity contribution in [2.75, 3.05) is 7.05 Å². The van der Waals surface area contributed by atoms with Gasteiger partial charge >= 0.3 is 0 Å². The maximum Gasteiger partial charge on any atom is 0.247 e. The summed E-state index contributed by atoms with van der Waals surface area (Å²) in [6.45, 7) is 2.07. The molecule has 0 aliphatic rings. The van der Waals surface area contributed by atoms with Gasteiger partial charge < -0.3 is 4.98 Å². The van der Waals surface area contributed by atoms with Gasteiger partial charge in [-0.3, -0.25) is 4.79 Å². The molecule has 0 unspecified atom stereocenters. The molecule has 6 nitrogen and oxygen atoms in total. The highest BCUT2D eigenvalue weighted by Crippen LogP contribution is 2.16. The number of aromatic amines is 1. The van der Waals surface area contributed by atoms with E-state index in [0.29, 0.717) is 5.69 Å². The minimum absolute atomic E-state index is 0.0570. The Morgan fingerprint density at radius 1 is 1.42 bits per heavy atom. The van der Waals surface area contributed by atoms with Gasteiger partial charge in [-0.15, -0.1) is 11.3 Å². The highest BCUT2D eigenvalue weighted by atomic mass is 32.2. The molecule has 0 aliphatic heterocycles. The lowest BCUT2D eigenvalue weighted by Gasteiger charge is -2.15. The molecule has 102 valence electrons. The van der Waals surface area contributed by atoms with Gasteiger partial charge in [-0.25, -0.2) is 13.4 Å². The van der Waals surface area contributed by atoms with Crippen LogP contribution < -0.4 is 5.56 Å². The van der Waals surface area contributed by atoms with E-state index in [1.54, 1.807) is 0 Å². The maximum absolute atomic E-state index is 12.2. The number of aryl methyl sites for hydroxylation is 1. The number of thiazole rings is 1. The molecule has 19 heavy (non-hydrogen) atoms. The third-order valence-corrected chi connectivity index (χ3v) is 5.14. The average Bonchev–Trinajstić information content (AvgIpc) is 2.75. The summed E-state index contributed by atoms with van der Waals surface area (Å²) in [5, 5.41) is 2.72. The first kappa shape index (κ1) is 13.9. The van der Waals surface area contributed by atoms with Crippen LogP contribution in [0.1, 0.15) is 10.7 Å². The molecule has 2 aromatic rings. The van der Waals surface area contributed by atoms with Crippen molar-refractivity contribution in [3.05, 3.63) is 44.8 Å². The summed E-state index contributed by atoms with van der Waals surface area (Å²) in [6.07, 6.45) is 1.19. The summed E-state index contributed by atoms with van der Waals surface area (Å²) in [4.78, 5) is 17.6. The Labute approximate surface area is 114 Å². The number of rotatable bonds is 4. The Morgan fingerprint density at radius 3 is 2.68 bits per heavy atom.